The zero-order valence-electron chi connectivity index (χ0n) is 14.7. The number of hydrogen-bond acceptors (Lipinski definition) is 5. The Balaban J connectivity index is 2.09. The zero-order valence-corrected chi connectivity index (χ0v) is 14.7. The molecule has 8 heteroatoms. The van der Waals surface area contributed by atoms with Crippen molar-refractivity contribution in [3.8, 4) is 5.75 Å². The summed E-state index contributed by atoms with van der Waals surface area (Å²) in [6.45, 7) is 2.16. The third-order valence-corrected chi connectivity index (χ3v) is 4.04. The van der Waals surface area contributed by atoms with E-state index in [4.69, 9.17) is 4.74 Å². The number of nitro groups is 1. The summed E-state index contributed by atoms with van der Waals surface area (Å²) in [6.07, 6.45) is 0. The lowest BCUT2D eigenvalue weighted by Crippen LogP contribution is -2.39. The number of methoxy groups -OCH3 is 1. The molecule has 2 aromatic carbocycles. The van der Waals surface area contributed by atoms with Gasteiger partial charge in [-0.25, -0.2) is 4.39 Å². The molecule has 0 aromatic heterocycles. The fourth-order valence-electron chi connectivity index (χ4n) is 2.36. The summed E-state index contributed by atoms with van der Waals surface area (Å²) in [7, 11) is 3.18. The average Bonchev–Trinajstić information content (AvgIpc) is 2.62. The molecular weight excluding hydrogens is 341 g/mol. The number of ether oxygens (including phenoxy) is 1. The Kier molecular flexibility index (Phi) is 6.24. The number of amides is 1. The van der Waals surface area contributed by atoms with Gasteiger partial charge in [0.25, 0.3) is 5.69 Å². The summed E-state index contributed by atoms with van der Waals surface area (Å²) in [5.74, 6) is -0.328. The molecule has 1 N–H and O–H groups in total. The quantitative estimate of drug-likeness (QED) is 0.605. The summed E-state index contributed by atoms with van der Waals surface area (Å²) >= 11 is 0. The fraction of sp³-hybridized carbons (Fsp3) is 0.278. The fourth-order valence-corrected chi connectivity index (χ4v) is 2.36. The number of rotatable bonds is 7. The Morgan fingerprint density at radius 1 is 1.31 bits per heavy atom. The van der Waals surface area contributed by atoms with Crippen LogP contribution in [0.3, 0.4) is 0 Å². The first-order valence-corrected chi connectivity index (χ1v) is 7.89. The summed E-state index contributed by atoms with van der Waals surface area (Å²) in [5.41, 5.74) is 0.948. The molecule has 0 bridgehead atoms. The van der Waals surface area contributed by atoms with Crippen LogP contribution in [-0.4, -0.2) is 35.9 Å². The molecule has 0 fully saturated rings. The smallest absolute Gasteiger partial charge is 0.271 e. The molecule has 0 heterocycles. The highest BCUT2D eigenvalue weighted by Crippen LogP contribution is 2.29. The van der Waals surface area contributed by atoms with Gasteiger partial charge in [0.2, 0.25) is 5.91 Å². The molecule has 2 rings (SSSR count). The molecule has 0 aliphatic rings. The summed E-state index contributed by atoms with van der Waals surface area (Å²) < 4.78 is 18.1. The van der Waals surface area contributed by atoms with Crippen LogP contribution in [0.1, 0.15) is 12.5 Å². The topological polar surface area (TPSA) is 84.7 Å². The minimum atomic E-state index is -0.542. The second-order valence-electron chi connectivity index (χ2n) is 5.85. The number of halogens is 1. The largest absolute Gasteiger partial charge is 0.495 e. The lowest BCUT2D eigenvalue weighted by atomic mass is 10.1. The highest BCUT2D eigenvalue weighted by Gasteiger charge is 2.21. The predicted molar refractivity (Wildman–Crippen MR) is 95.6 cm³/mol. The molecule has 2 aromatic rings. The first-order valence-electron chi connectivity index (χ1n) is 7.89. The molecule has 26 heavy (non-hydrogen) atoms. The SMILES string of the molecule is COc1ccc([N+](=O)[O-])cc1NC(=O)[C@H](C)N(C)Cc1ccc(F)cc1. The molecule has 0 spiro atoms. The Hall–Kier alpha value is -3.00. The summed E-state index contributed by atoms with van der Waals surface area (Å²) in [4.78, 5) is 24.7. The maximum absolute atomic E-state index is 13.0. The molecule has 0 radical (unpaired) electrons. The van der Waals surface area contributed by atoms with E-state index in [-0.39, 0.29) is 23.1 Å². The lowest BCUT2D eigenvalue weighted by Gasteiger charge is -2.24. The minimum Gasteiger partial charge on any atom is -0.495 e. The van der Waals surface area contributed by atoms with Gasteiger partial charge in [-0.1, -0.05) is 12.1 Å². The van der Waals surface area contributed by atoms with E-state index in [1.807, 2.05) is 0 Å². The number of nitrogens with zero attached hydrogens (tertiary/aromatic N) is 2. The van der Waals surface area contributed by atoms with Gasteiger partial charge in [-0.3, -0.25) is 19.8 Å². The van der Waals surface area contributed by atoms with Gasteiger partial charge in [0, 0.05) is 18.7 Å². The second kappa shape index (κ2) is 8.39. The average molecular weight is 361 g/mol. The van der Waals surface area contributed by atoms with E-state index < -0.39 is 11.0 Å². The molecular formula is C18H20FN3O4. The number of benzene rings is 2. The number of nitrogens with one attached hydrogen (secondary N) is 1. The van der Waals surface area contributed by atoms with Crippen molar-refractivity contribution in [2.45, 2.75) is 19.5 Å². The monoisotopic (exact) mass is 361 g/mol. The van der Waals surface area contributed by atoms with Crippen molar-refractivity contribution in [1.29, 1.82) is 0 Å². The molecule has 7 nitrogen and oxygen atoms in total. The zero-order chi connectivity index (χ0) is 19.3. The van der Waals surface area contributed by atoms with Crippen LogP contribution in [0.15, 0.2) is 42.5 Å². The number of non-ortho nitro benzene ring substituents is 1. The third-order valence-electron chi connectivity index (χ3n) is 4.04. The van der Waals surface area contributed by atoms with Crippen LogP contribution in [0, 0.1) is 15.9 Å². The van der Waals surface area contributed by atoms with Gasteiger partial charge in [-0.2, -0.15) is 0 Å². The van der Waals surface area contributed by atoms with Crippen LogP contribution < -0.4 is 10.1 Å². The Morgan fingerprint density at radius 3 is 2.54 bits per heavy atom. The van der Waals surface area contributed by atoms with Crippen LogP contribution in [0.5, 0.6) is 5.75 Å². The summed E-state index contributed by atoms with van der Waals surface area (Å²) in [6, 6.07) is 9.50. The number of carbonyl (C=O) groups excluding carboxylic acids is 1. The van der Waals surface area contributed by atoms with E-state index >= 15 is 0 Å². The molecule has 1 amide bonds. The number of likely N-dealkylation sites (N-methyl/N-ethyl adjacent to an activating group) is 1. The Bertz CT molecular complexity index is 796. The first kappa shape index (κ1) is 19.3. The van der Waals surface area contributed by atoms with Gasteiger partial charge < -0.3 is 10.1 Å². The van der Waals surface area contributed by atoms with E-state index in [0.717, 1.165) is 5.56 Å². The van der Waals surface area contributed by atoms with E-state index in [9.17, 15) is 19.3 Å². The maximum atomic E-state index is 13.0. The van der Waals surface area contributed by atoms with E-state index in [1.165, 1.54) is 37.4 Å². The van der Waals surface area contributed by atoms with Crippen LogP contribution in [0.2, 0.25) is 0 Å². The van der Waals surface area contributed by atoms with Crippen molar-refractivity contribution in [3.05, 3.63) is 64.0 Å². The minimum absolute atomic E-state index is 0.145. The van der Waals surface area contributed by atoms with Crippen LogP contribution in [0.25, 0.3) is 0 Å². The lowest BCUT2D eigenvalue weighted by molar-refractivity contribution is -0.384. The highest BCUT2D eigenvalue weighted by atomic mass is 19.1. The predicted octanol–water partition coefficient (Wildman–Crippen LogP) is 3.20. The Morgan fingerprint density at radius 2 is 1.96 bits per heavy atom. The van der Waals surface area contributed by atoms with E-state index in [2.05, 4.69) is 5.32 Å². The molecule has 0 saturated heterocycles. The molecule has 0 aliphatic heterocycles. The Labute approximate surface area is 150 Å². The number of hydrogen-bond donors (Lipinski definition) is 1. The van der Waals surface area contributed by atoms with Gasteiger partial charge in [0.05, 0.1) is 23.8 Å². The van der Waals surface area contributed by atoms with Crippen molar-refractivity contribution in [2.75, 3.05) is 19.5 Å². The van der Waals surface area contributed by atoms with Crippen LogP contribution in [-0.2, 0) is 11.3 Å². The molecule has 0 aliphatic carbocycles. The van der Waals surface area contributed by atoms with Crippen molar-refractivity contribution in [3.63, 3.8) is 0 Å². The van der Waals surface area contributed by atoms with Gasteiger partial charge in [0.1, 0.15) is 11.6 Å². The molecule has 0 unspecified atom stereocenters. The standard InChI is InChI=1S/C18H20FN3O4/c1-12(21(2)11-13-4-6-14(19)7-5-13)18(23)20-16-10-15(22(24)25)8-9-17(16)26-3/h4-10,12H,11H2,1-3H3,(H,20,23)/t12-/m0/s1. The van der Waals surface area contributed by atoms with Gasteiger partial charge in [0.15, 0.2) is 0 Å². The van der Waals surface area contributed by atoms with Crippen molar-refractivity contribution in [1.82, 2.24) is 4.90 Å². The number of nitro benzene ring substituents is 1. The maximum Gasteiger partial charge on any atom is 0.271 e. The molecule has 1 atom stereocenters. The number of carbonyl (C=O) groups is 1. The van der Waals surface area contributed by atoms with Crippen molar-refractivity contribution >= 4 is 17.3 Å². The molecule has 138 valence electrons. The van der Waals surface area contributed by atoms with Crippen molar-refractivity contribution < 1.29 is 18.8 Å². The van der Waals surface area contributed by atoms with Gasteiger partial charge >= 0.3 is 0 Å². The van der Waals surface area contributed by atoms with Gasteiger partial charge in [-0.15, -0.1) is 0 Å². The van der Waals surface area contributed by atoms with Crippen LogP contribution in [0.4, 0.5) is 15.8 Å². The third kappa shape index (κ3) is 4.76. The normalized spacial score (nSPS) is 11.9. The van der Waals surface area contributed by atoms with Crippen LogP contribution >= 0.6 is 0 Å². The van der Waals surface area contributed by atoms with Gasteiger partial charge in [-0.05, 0) is 37.7 Å². The second-order valence-corrected chi connectivity index (χ2v) is 5.85. The highest BCUT2D eigenvalue weighted by molar-refractivity contribution is 5.96. The van der Waals surface area contributed by atoms with Crippen molar-refractivity contribution in [2.24, 2.45) is 0 Å². The summed E-state index contributed by atoms with van der Waals surface area (Å²) in [5, 5.41) is 13.6. The van der Waals surface area contributed by atoms with E-state index in [0.29, 0.717) is 12.3 Å². The first-order chi connectivity index (χ1) is 12.3. The number of anilines is 1. The van der Waals surface area contributed by atoms with E-state index in [1.54, 1.807) is 31.0 Å². The molecule has 0 saturated carbocycles.